The molecule has 0 spiro atoms. The zero-order chi connectivity index (χ0) is 24.5. The van der Waals surface area contributed by atoms with Gasteiger partial charge in [-0.15, -0.1) is 0 Å². The third kappa shape index (κ3) is 10.2. The molecule has 180 valence electrons. The van der Waals surface area contributed by atoms with Gasteiger partial charge in [-0.05, 0) is 51.0 Å². The van der Waals surface area contributed by atoms with Crippen LogP contribution in [0.5, 0.6) is 0 Å². The van der Waals surface area contributed by atoms with Crippen LogP contribution in [0.3, 0.4) is 0 Å². The Morgan fingerprint density at radius 1 is 0.969 bits per heavy atom. The summed E-state index contributed by atoms with van der Waals surface area (Å²) in [6.45, 7) is 13.3. The van der Waals surface area contributed by atoms with E-state index in [9.17, 15) is 14.4 Å². The lowest BCUT2D eigenvalue weighted by Crippen LogP contribution is -2.53. The third-order valence-corrected chi connectivity index (χ3v) is 4.70. The summed E-state index contributed by atoms with van der Waals surface area (Å²) in [5, 5.41) is 2.69. The maximum Gasteiger partial charge on any atom is 0.408 e. The summed E-state index contributed by atoms with van der Waals surface area (Å²) >= 11 is 0. The molecule has 1 N–H and O–H groups in total. The van der Waals surface area contributed by atoms with Crippen molar-refractivity contribution in [3.8, 4) is 0 Å². The van der Waals surface area contributed by atoms with Crippen molar-refractivity contribution in [2.75, 3.05) is 7.05 Å². The number of nitrogens with one attached hydrogen (secondary N) is 1. The van der Waals surface area contributed by atoms with E-state index in [0.717, 1.165) is 5.56 Å². The molecule has 0 aliphatic carbocycles. The average molecular weight is 449 g/mol. The standard InChI is InChI=1S/C25H40N2O5/c1-17(2)14-20(26-24(30)32-25(5,6)7)22(28)27(8)21(15-18(3)4)23(29)31-16-19-12-10-9-11-13-19/h9-13,17-18,20-21H,14-16H2,1-8H3,(H,26,30)/t20-,21+/m0/s1. The van der Waals surface area contributed by atoms with Crippen LogP contribution in [-0.2, 0) is 25.7 Å². The van der Waals surface area contributed by atoms with E-state index in [-0.39, 0.29) is 24.3 Å². The van der Waals surface area contributed by atoms with E-state index < -0.39 is 29.7 Å². The largest absolute Gasteiger partial charge is 0.459 e. The molecule has 0 saturated heterocycles. The van der Waals surface area contributed by atoms with Gasteiger partial charge in [-0.1, -0.05) is 58.0 Å². The molecule has 0 radical (unpaired) electrons. The van der Waals surface area contributed by atoms with Crippen molar-refractivity contribution in [2.45, 2.75) is 85.6 Å². The van der Waals surface area contributed by atoms with E-state index in [4.69, 9.17) is 9.47 Å². The Bertz CT molecular complexity index is 740. The van der Waals surface area contributed by atoms with Crippen molar-refractivity contribution in [2.24, 2.45) is 11.8 Å². The SMILES string of the molecule is CC(C)C[C@H](NC(=O)OC(C)(C)C)C(=O)N(C)[C@H](CC(C)C)C(=O)OCc1ccccc1. The quantitative estimate of drug-likeness (QED) is 0.531. The molecule has 2 amide bonds. The number of hydrogen-bond donors (Lipinski definition) is 1. The number of rotatable bonds is 10. The summed E-state index contributed by atoms with van der Waals surface area (Å²) in [7, 11) is 1.59. The molecular weight excluding hydrogens is 408 g/mol. The van der Waals surface area contributed by atoms with Crippen molar-refractivity contribution in [1.82, 2.24) is 10.2 Å². The molecule has 0 heterocycles. The van der Waals surface area contributed by atoms with E-state index >= 15 is 0 Å². The highest BCUT2D eigenvalue weighted by Crippen LogP contribution is 2.17. The lowest BCUT2D eigenvalue weighted by molar-refractivity contribution is -0.156. The molecule has 0 bridgehead atoms. The van der Waals surface area contributed by atoms with Crippen LogP contribution >= 0.6 is 0 Å². The first-order valence-electron chi connectivity index (χ1n) is 11.3. The van der Waals surface area contributed by atoms with E-state index in [0.29, 0.717) is 12.8 Å². The summed E-state index contributed by atoms with van der Waals surface area (Å²) in [5.41, 5.74) is 0.199. The fourth-order valence-corrected chi connectivity index (χ4v) is 3.23. The van der Waals surface area contributed by atoms with Crippen LogP contribution < -0.4 is 5.32 Å². The molecule has 1 aromatic rings. The number of hydrogen-bond acceptors (Lipinski definition) is 5. The van der Waals surface area contributed by atoms with Gasteiger partial charge in [0.25, 0.3) is 0 Å². The van der Waals surface area contributed by atoms with E-state index in [1.165, 1.54) is 4.90 Å². The highest BCUT2D eigenvalue weighted by Gasteiger charge is 2.34. The molecule has 0 aromatic heterocycles. The number of carbonyl (C=O) groups excluding carboxylic acids is 3. The Morgan fingerprint density at radius 2 is 1.53 bits per heavy atom. The molecule has 1 aromatic carbocycles. The van der Waals surface area contributed by atoms with Crippen molar-refractivity contribution in [1.29, 1.82) is 0 Å². The van der Waals surface area contributed by atoms with Crippen molar-refractivity contribution >= 4 is 18.0 Å². The predicted molar refractivity (Wildman–Crippen MR) is 125 cm³/mol. The monoisotopic (exact) mass is 448 g/mol. The topological polar surface area (TPSA) is 84.9 Å². The summed E-state index contributed by atoms with van der Waals surface area (Å²) in [6, 6.07) is 7.86. The Kier molecular flexibility index (Phi) is 10.7. The average Bonchev–Trinajstić information content (AvgIpc) is 2.67. The van der Waals surface area contributed by atoms with Gasteiger partial charge < -0.3 is 19.7 Å². The molecular formula is C25H40N2O5. The fraction of sp³-hybridized carbons (Fsp3) is 0.640. The summed E-state index contributed by atoms with van der Waals surface area (Å²) in [6.07, 6.45) is 0.226. The molecule has 0 aliphatic rings. The molecule has 32 heavy (non-hydrogen) atoms. The van der Waals surface area contributed by atoms with Gasteiger partial charge in [0.1, 0.15) is 24.3 Å². The van der Waals surface area contributed by atoms with E-state index in [2.05, 4.69) is 5.32 Å². The zero-order valence-electron chi connectivity index (χ0n) is 20.8. The van der Waals surface area contributed by atoms with Crippen LogP contribution in [0.1, 0.15) is 66.9 Å². The Balaban J connectivity index is 2.97. The minimum absolute atomic E-state index is 0.141. The minimum atomic E-state index is -0.800. The predicted octanol–water partition coefficient (Wildman–Crippen LogP) is 4.54. The smallest absolute Gasteiger partial charge is 0.408 e. The molecule has 2 atom stereocenters. The molecule has 0 fully saturated rings. The van der Waals surface area contributed by atoms with Gasteiger partial charge >= 0.3 is 12.1 Å². The first kappa shape index (κ1) is 27.5. The minimum Gasteiger partial charge on any atom is -0.459 e. The number of ether oxygens (including phenoxy) is 2. The number of alkyl carbamates (subject to hydrolysis) is 1. The van der Waals surface area contributed by atoms with Gasteiger partial charge in [-0.2, -0.15) is 0 Å². The molecule has 0 aliphatic heterocycles. The molecule has 1 rings (SSSR count). The molecule has 7 heteroatoms. The third-order valence-electron chi connectivity index (χ3n) is 4.70. The summed E-state index contributed by atoms with van der Waals surface area (Å²) in [4.78, 5) is 40.0. The number of likely N-dealkylation sites (N-methyl/N-ethyl adjacent to an activating group) is 1. The number of benzene rings is 1. The number of nitrogens with zero attached hydrogens (tertiary/aromatic N) is 1. The highest BCUT2D eigenvalue weighted by molar-refractivity contribution is 5.89. The second-order valence-electron chi connectivity index (χ2n) is 10.0. The lowest BCUT2D eigenvalue weighted by atomic mass is 9.99. The van der Waals surface area contributed by atoms with Gasteiger partial charge in [0, 0.05) is 7.05 Å². The van der Waals surface area contributed by atoms with Crippen LogP contribution in [0.25, 0.3) is 0 Å². The Labute approximate surface area is 192 Å². The van der Waals surface area contributed by atoms with Gasteiger partial charge in [-0.3, -0.25) is 4.79 Å². The van der Waals surface area contributed by atoms with Crippen LogP contribution in [-0.4, -0.2) is 47.6 Å². The van der Waals surface area contributed by atoms with Crippen molar-refractivity contribution in [3.63, 3.8) is 0 Å². The molecule has 7 nitrogen and oxygen atoms in total. The lowest BCUT2D eigenvalue weighted by Gasteiger charge is -2.32. The number of carbonyl (C=O) groups is 3. The molecule has 0 saturated carbocycles. The van der Waals surface area contributed by atoms with Crippen LogP contribution in [0.2, 0.25) is 0 Å². The van der Waals surface area contributed by atoms with E-state index in [1.807, 2.05) is 58.0 Å². The highest BCUT2D eigenvalue weighted by atomic mass is 16.6. The van der Waals surface area contributed by atoms with Gasteiger partial charge in [0.15, 0.2) is 0 Å². The fourth-order valence-electron chi connectivity index (χ4n) is 3.23. The summed E-state index contributed by atoms with van der Waals surface area (Å²) < 4.78 is 10.9. The number of esters is 1. The second kappa shape index (κ2) is 12.5. The van der Waals surface area contributed by atoms with Crippen LogP contribution in [0.4, 0.5) is 4.79 Å². The Morgan fingerprint density at radius 3 is 2.03 bits per heavy atom. The maximum atomic E-state index is 13.3. The van der Waals surface area contributed by atoms with Crippen molar-refractivity contribution in [3.05, 3.63) is 35.9 Å². The molecule has 0 unspecified atom stereocenters. The van der Waals surface area contributed by atoms with Gasteiger partial charge in [0.05, 0.1) is 0 Å². The van der Waals surface area contributed by atoms with E-state index in [1.54, 1.807) is 27.8 Å². The first-order chi connectivity index (χ1) is 14.8. The van der Waals surface area contributed by atoms with Crippen LogP contribution in [0.15, 0.2) is 30.3 Å². The zero-order valence-corrected chi connectivity index (χ0v) is 20.8. The van der Waals surface area contributed by atoms with Gasteiger partial charge in [0.2, 0.25) is 5.91 Å². The second-order valence-corrected chi connectivity index (χ2v) is 10.0. The van der Waals surface area contributed by atoms with Crippen LogP contribution in [0, 0.1) is 11.8 Å². The maximum absolute atomic E-state index is 13.3. The summed E-state index contributed by atoms with van der Waals surface area (Å²) in [5.74, 6) is -0.478. The number of amides is 2. The first-order valence-corrected chi connectivity index (χ1v) is 11.3. The Hall–Kier alpha value is -2.57. The van der Waals surface area contributed by atoms with Crippen molar-refractivity contribution < 1.29 is 23.9 Å². The normalized spacial score (nSPS) is 13.4. The van der Waals surface area contributed by atoms with Gasteiger partial charge in [-0.25, -0.2) is 9.59 Å².